The molecule has 0 unspecified atom stereocenters. The van der Waals surface area contributed by atoms with Crippen LogP contribution in [-0.2, 0) is 4.79 Å². The molecule has 0 saturated heterocycles. The number of fused-ring (bicyclic) bond motifs is 2. The van der Waals surface area contributed by atoms with Crippen LogP contribution < -0.4 is 16.2 Å². The Morgan fingerprint density at radius 1 is 0.903 bits per heavy atom. The molecule has 2 aromatic carbocycles. The van der Waals surface area contributed by atoms with Gasteiger partial charge in [0, 0.05) is 22.0 Å². The second kappa shape index (κ2) is 8.41. The Balaban J connectivity index is 1.49. The summed E-state index contributed by atoms with van der Waals surface area (Å²) in [5.41, 5.74) is 7.05. The van der Waals surface area contributed by atoms with Crippen LogP contribution in [0.5, 0.6) is 0 Å². The first kappa shape index (κ1) is 20.3. The van der Waals surface area contributed by atoms with Gasteiger partial charge in [-0.25, -0.2) is 4.98 Å². The van der Waals surface area contributed by atoms with E-state index in [0.29, 0.717) is 22.3 Å². The lowest BCUT2D eigenvalue weighted by atomic mass is 10.2. The summed E-state index contributed by atoms with van der Waals surface area (Å²) < 4.78 is 0.0886. The van der Waals surface area contributed by atoms with Crippen LogP contribution in [0.15, 0.2) is 71.7 Å². The molecule has 154 valence electrons. The number of rotatable bonds is 4. The molecule has 3 amide bonds. The number of carbonyl (C=O) groups excluding carboxylic acids is 3. The maximum Gasteiger partial charge on any atom is 0.286 e. The number of hydrazine groups is 1. The molecule has 4 N–H and O–H groups in total. The number of amides is 3. The van der Waals surface area contributed by atoms with Crippen molar-refractivity contribution in [3.05, 3.63) is 83.1 Å². The van der Waals surface area contributed by atoms with Gasteiger partial charge in [0.15, 0.2) is 0 Å². The Bertz CT molecular complexity index is 1360. The van der Waals surface area contributed by atoms with Crippen molar-refractivity contribution in [1.82, 2.24) is 20.8 Å². The smallest absolute Gasteiger partial charge is 0.286 e. The second-order valence-electron chi connectivity index (χ2n) is 6.64. The minimum Gasteiger partial charge on any atom is -0.350 e. The van der Waals surface area contributed by atoms with E-state index in [1.807, 2.05) is 30.3 Å². The van der Waals surface area contributed by atoms with Crippen LogP contribution >= 0.6 is 15.9 Å². The van der Waals surface area contributed by atoms with E-state index in [1.165, 1.54) is 0 Å². The lowest BCUT2D eigenvalue weighted by Crippen LogP contribution is -2.41. The number of pyridine rings is 1. The first-order chi connectivity index (χ1) is 14.9. The van der Waals surface area contributed by atoms with Gasteiger partial charge in [0.25, 0.3) is 17.7 Å². The fourth-order valence-electron chi connectivity index (χ4n) is 2.97. The highest BCUT2D eigenvalue weighted by Crippen LogP contribution is 2.21. The van der Waals surface area contributed by atoms with Crippen LogP contribution in [0.2, 0.25) is 0 Å². The molecule has 0 saturated carbocycles. The molecule has 0 fully saturated rings. The van der Waals surface area contributed by atoms with Crippen molar-refractivity contribution in [3.8, 4) is 0 Å². The molecule has 31 heavy (non-hydrogen) atoms. The molecule has 0 aliphatic carbocycles. The Morgan fingerprint density at radius 3 is 2.52 bits per heavy atom. The van der Waals surface area contributed by atoms with Crippen LogP contribution in [0.1, 0.15) is 21.0 Å². The Kier molecular flexibility index (Phi) is 5.50. The third-order valence-electron chi connectivity index (χ3n) is 4.49. The van der Waals surface area contributed by atoms with Gasteiger partial charge in [-0.2, -0.15) is 0 Å². The van der Waals surface area contributed by atoms with Crippen LogP contribution in [0, 0.1) is 0 Å². The number of hydrogen-bond donors (Lipinski definition) is 4. The number of benzene rings is 2. The standard InChI is InChI=1S/C22H16BrN5O3/c1-12(23)20(29)27-28-22(31)19-11-14-10-15(7-9-17(14)26-19)24-21(30)18-8-6-13-4-2-3-5-16(13)25-18/h2-11,26H,1H2,(H,24,30)(H,27,29)(H,28,31). The van der Waals surface area contributed by atoms with Crippen molar-refractivity contribution in [2.75, 3.05) is 5.32 Å². The highest BCUT2D eigenvalue weighted by molar-refractivity contribution is 9.12. The van der Waals surface area contributed by atoms with Gasteiger partial charge in [0.05, 0.1) is 10.00 Å². The summed E-state index contributed by atoms with van der Waals surface area (Å²) in [7, 11) is 0. The number of halogens is 1. The maximum absolute atomic E-state index is 12.6. The van der Waals surface area contributed by atoms with E-state index in [0.717, 1.165) is 10.9 Å². The van der Waals surface area contributed by atoms with E-state index in [-0.39, 0.29) is 16.1 Å². The number of nitrogens with one attached hydrogen (secondary N) is 4. The lowest BCUT2D eigenvalue weighted by Gasteiger charge is -2.06. The lowest BCUT2D eigenvalue weighted by molar-refractivity contribution is -0.117. The summed E-state index contributed by atoms with van der Waals surface area (Å²) in [6.45, 7) is 3.42. The molecular formula is C22H16BrN5O3. The molecule has 4 aromatic rings. The molecule has 0 aliphatic heterocycles. The normalized spacial score (nSPS) is 10.6. The van der Waals surface area contributed by atoms with Crippen LogP contribution in [0.4, 0.5) is 5.69 Å². The van der Waals surface area contributed by atoms with Gasteiger partial charge in [-0.05, 0) is 52.3 Å². The average molecular weight is 478 g/mol. The minimum absolute atomic E-state index is 0.0886. The van der Waals surface area contributed by atoms with Gasteiger partial charge in [0.2, 0.25) is 0 Å². The van der Waals surface area contributed by atoms with Gasteiger partial charge >= 0.3 is 0 Å². The summed E-state index contributed by atoms with van der Waals surface area (Å²) in [6.07, 6.45) is 0. The molecule has 4 rings (SSSR count). The van der Waals surface area contributed by atoms with Gasteiger partial charge < -0.3 is 10.3 Å². The second-order valence-corrected chi connectivity index (χ2v) is 7.60. The third kappa shape index (κ3) is 4.46. The van der Waals surface area contributed by atoms with E-state index in [9.17, 15) is 14.4 Å². The summed E-state index contributed by atoms with van der Waals surface area (Å²) in [6, 6.07) is 17.9. The largest absolute Gasteiger partial charge is 0.350 e. The van der Waals surface area contributed by atoms with Crippen molar-refractivity contribution in [2.24, 2.45) is 0 Å². The molecule has 0 bridgehead atoms. The monoisotopic (exact) mass is 477 g/mol. The van der Waals surface area contributed by atoms with Gasteiger partial charge in [-0.3, -0.25) is 25.2 Å². The summed E-state index contributed by atoms with van der Waals surface area (Å²) >= 11 is 2.93. The van der Waals surface area contributed by atoms with Crippen LogP contribution in [0.25, 0.3) is 21.8 Å². The molecule has 0 atom stereocenters. The summed E-state index contributed by atoms with van der Waals surface area (Å²) in [5, 5.41) is 4.49. The van der Waals surface area contributed by atoms with Crippen LogP contribution in [-0.4, -0.2) is 27.7 Å². The Hall–Kier alpha value is -3.98. The fraction of sp³-hybridized carbons (Fsp3) is 0. The van der Waals surface area contributed by atoms with Crippen LogP contribution in [0.3, 0.4) is 0 Å². The number of anilines is 1. The molecule has 0 spiro atoms. The topological polar surface area (TPSA) is 116 Å². The number of carbonyl (C=O) groups is 3. The zero-order valence-electron chi connectivity index (χ0n) is 16.0. The quantitative estimate of drug-likeness (QED) is 0.265. The number of H-pyrrole nitrogens is 1. The van der Waals surface area contributed by atoms with Crippen molar-refractivity contribution in [3.63, 3.8) is 0 Å². The van der Waals surface area contributed by atoms with E-state index in [4.69, 9.17) is 0 Å². The molecule has 0 radical (unpaired) electrons. The Labute approximate surface area is 184 Å². The first-order valence-corrected chi connectivity index (χ1v) is 9.95. The third-order valence-corrected chi connectivity index (χ3v) is 4.85. The number of aromatic amines is 1. The fourth-order valence-corrected chi connectivity index (χ4v) is 3.07. The Morgan fingerprint density at radius 2 is 1.71 bits per heavy atom. The SMILES string of the molecule is C=C(Br)C(=O)NNC(=O)c1cc2cc(NC(=O)c3ccc4ccccc4n3)ccc2[nH]1. The highest BCUT2D eigenvalue weighted by atomic mass is 79.9. The van der Waals surface area contributed by atoms with Crippen molar-refractivity contribution >= 4 is 61.1 Å². The van der Waals surface area contributed by atoms with Gasteiger partial charge in [-0.15, -0.1) is 0 Å². The molecule has 0 aliphatic rings. The van der Waals surface area contributed by atoms with Crippen molar-refractivity contribution in [2.45, 2.75) is 0 Å². The van der Waals surface area contributed by atoms with Gasteiger partial charge in [0.1, 0.15) is 11.4 Å². The average Bonchev–Trinajstić information content (AvgIpc) is 3.20. The number of nitrogens with zero attached hydrogens (tertiary/aromatic N) is 1. The maximum atomic E-state index is 12.6. The van der Waals surface area contributed by atoms with Crippen molar-refractivity contribution < 1.29 is 14.4 Å². The number of hydrogen-bond acceptors (Lipinski definition) is 4. The molecule has 2 aromatic heterocycles. The van der Waals surface area contributed by atoms with Gasteiger partial charge in [-0.1, -0.05) is 30.8 Å². The van der Waals surface area contributed by atoms with E-state index in [1.54, 1.807) is 30.3 Å². The first-order valence-electron chi connectivity index (χ1n) is 9.16. The van der Waals surface area contributed by atoms with Crippen molar-refractivity contribution in [1.29, 1.82) is 0 Å². The zero-order chi connectivity index (χ0) is 22.0. The zero-order valence-corrected chi connectivity index (χ0v) is 17.6. The highest BCUT2D eigenvalue weighted by Gasteiger charge is 2.13. The van der Waals surface area contributed by atoms with E-state index >= 15 is 0 Å². The molecule has 8 nitrogen and oxygen atoms in total. The minimum atomic E-state index is -0.559. The number of para-hydroxylation sites is 1. The molecular weight excluding hydrogens is 462 g/mol. The van der Waals surface area contributed by atoms with E-state index < -0.39 is 11.8 Å². The molecule has 2 heterocycles. The summed E-state index contributed by atoms with van der Waals surface area (Å²) in [5.74, 6) is -1.42. The van der Waals surface area contributed by atoms with E-state index in [2.05, 4.69) is 48.6 Å². The summed E-state index contributed by atoms with van der Waals surface area (Å²) in [4.78, 5) is 43.6. The predicted octanol–water partition coefficient (Wildman–Crippen LogP) is 3.64. The molecule has 9 heteroatoms. The predicted molar refractivity (Wildman–Crippen MR) is 122 cm³/mol. The number of aromatic nitrogens is 2.